The highest BCUT2D eigenvalue weighted by atomic mass is 16.6. The van der Waals surface area contributed by atoms with E-state index < -0.39 is 24.1 Å². The number of piperidine rings is 1. The molecule has 2 unspecified atom stereocenters. The van der Waals surface area contributed by atoms with E-state index in [4.69, 9.17) is 4.74 Å². The highest BCUT2D eigenvalue weighted by Gasteiger charge is 2.33. The Labute approximate surface area is 111 Å². The maximum absolute atomic E-state index is 11.7. The number of aliphatic hydroxyl groups excluding tert-OH is 1. The molecule has 1 aliphatic heterocycles. The Balaban J connectivity index is 1.82. The number of carbonyl (C=O) groups excluding carboxylic acids is 2. The van der Waals surface area contributed by atoms with Crippen molar-refractivity contribution >= 4 is 11.9 Å². The van der Waals surface area contributed by atoms with Crippen molar-refractivity contribution in [2.75, 3.05) is 6.54 Å². The molecule has 1 amide bonds. The maximum atomic E-state index is 11.7. The normalized spacial score (nSPS) is 22.7. The van der Waals surface area contributed by atoms with Gasteiger partial charge in [-0.25, -0.2) is 0 Å². The van der Waals surface area contributed by atoms with E-state index in [0.29, 0.717) is 19.4 Å². The Morgan fingerprint density at radius 1 is 1.37 bits per heavy atom. The van der Waals surface area contributed by atoms with Gasteiger partial charge in [-0.3, -0.25) is 9.59 Å². The van der Waals surface area contributed by atoms with Gasteiger partial charge in [0.15, 0.2) is 0 Å². The summed E-state index contributed by atoms with van der Waals surface area (Å²) < 4.78 is 5.04. The van der Waals surface area contributed by atoms with Gasteiger partial charge in [0, 0.05) is 13.0 Å². The summed E-state index contributed by atoms with van der Waals surface area (Å²) in [5.41, 5.74) is 1.04. The Hall–Kier alpha value is -1.88. The molecule has 2 atom stereocenters. The number of carbonyl (C=O) groups is 2. The third-order valence-corrected chi connectivity index (χ3v) is 3.07. The molecule has 102 valence electrons. The summed E-state index contributed by atoms with van der Waals surface area (Å²) in [5, 5.41) is 12.2. The van der Waals surface area contributed by atoms with Crippen LogP contribution in [0.4, 0.5) is 0 Å². The number of amides is 1. The largest absolute Gasteiger partial charge is 0.449 e. The van der Waals surface area contributed by atoms with Crippen molar-refractivity contribution < 1.29 is 19.4 Å². The summed E-state index contributed by atoms with van der Waals surface area (Å²) in [4.78, 5) is 23.1. The van der Waals surface area contributed by atoms with Crippen LogP contribution in [0.1, 0.15) is 18.4 Å². The molecule has 2 N–H and O–H groups in total. The summed E-state index contributed by atoms with van der Waals surface area (Å²) in [6.45, 7) is 0.415. The van der Waals surface area contributed by atoms with Crippen molar-refractivity contribution in [3.8, 4) is 0 Å². The second-order valence-corrected chi connectivity index (χ2v) is 4.54. The van der Waals surface area contributed by atoms with Crippen LogP contribution < -0.4 is 5.32 Å². The van der Waals surface area contributed by atoms with Crippen molar-refractivity contribution in [1.29, 1.82) is 0 Å². The highest BCUT2D eigenvalue weighted by molar-refractivity contribution is 5.85. The molecule has 1 aromatic rings. The topological polar surface area (TPSA) is 75.6 Å². The van der Waals surface area contributed by atoms with Crippen LogP contribution >= 0.6 is 0 Å². The molecular weight excluding hydrogens is 246 g/mol. The van der Waals surface area contributed by atoms with Gasteiger partial charge in [0.1, 0.15) is 6.10 Å². The van der Waals surface area contributed by atoms with Crippen molar-refractivity contribution in [1.82, 2.24) is 5.32 Å². The lowest BCUT2D eigenvalue weighted by atomic mass is 10.1. The van der Waals surface area contributed by atoms with Crippen LogP contribution in [0.3, 0.4) is 0 Å². The van der Waals surface area contributed by atoms with Gasteiger partial charge in [-0.15, -0.1) is 0 Å². The lowest BCUT2D eigenvalue weighted by Crippen LogP contribution is -2.51. The molecule has 1 heterocycles. The number of aliphatic hydroxyl groups is 1. The van der Waals surface area contributed by atoms with Gasteiger partial charge in [-0.1, -0.05) is 30.3 Å². The standard InChI is InChI=1S/C14H17NO4/c16-11-8-9-15-14(18)13(11)19-12(17)7-6-10-4-2-1-3-5-10/h1-5,11,13,16H,6-9H2,(H,15,18). The van der Waals surface area contributed by atoms with Gasteiger partial charge < -0.3 is 15.2 Å². The number of rotatable bonds is 4. The molecule has 0 aromatic heterocycles. The predicted octanol–water partition coefficient (Wildman–Crippen LogP) is 0.412. The number of aryl methyl sites for hydroxylation is 1. The smallest absolute Gasteiger partial charge is 0.307 e. The molecule has 1 saturated heterocycles. The minimum absolute atomic E-state index is 0.195. The molecule has 0 radical (unpaired) electrons. The van der Waals surface area contributed by atoms with Crippen LogP contribution in [0.5, 0.6) is 0 Å². The molecule has 0 bridgehead atoms. The van der Waals surface area contributed by atoms with Gasteiger partial charge in [0.2, 0.25) is 6.10 Å². The molecule has 0 spiro atoms. The van der Waals surface area contributed by atoms with Crippen molar-refractivity contribution in [3.63, 3.8) is 0 Å². The van der Waals surface area contributed by atoms with E-state index in [1.807, 2.05) is 30.3 Å². The van der Waals surface area contributed by atoms with E-state index in [9.17, 15) is 14.7 Å². The Morgan fingerprint density at radius 2 is 2.11 bits per heavy atom. The van der Waals surface area contributed by atoms with Gasteiger partial charge in [-0.2, -0.15) is 0 Å². The van der Waals surface area contributed by atoms with E-state index in [1.54, 1.807) is 0 Å². The second kappa shape index (κ2) is 6.33. The summed E-state index contributed by atoms with van der Waals surface area (Å²) in [5.74, 6) is -0.892. The average molecular weight is 263 g/mol. The first-order chi connectivity index (χ1) is 9.16. The minimum atomic E-state index is -1.07. The molecule has 1 aliphatic rings. The zero-order chi connectivity index (χ0) is 13.7. The van der Waals surface area contributed by atoms with Crippen LogP contribution in [0.2, 0.25) is 0 Å². The molecule has 1 fully saturated rings. The first-order valence-electron chi connectivity index (χ1n) is 6.36. The SMILES string of the molecule is O=C(CCc1ccccc1)OC1C(=O)NCCC1O. The molecule has 1 aromatic carbocycles. The highest BCUT2D eigenvalue weighted by Crippen LogP contribution is 2.11. The first-order valence-corrected chi connectivity index (χ1v) is 6.36. The molecule has 0 saturated carbocycles. The Morgan fingerprint density at radius 3 is 2.79 bits per heavy atom. The molecule has 19 heavy (non-hydrogen) atoms. The number of esters is 1. The number of hydrogen-bond acceptors (Lipinski definition) is 4. The summed E-state index contributed by atoms with van der Waals surface area (Å²) in [7, 11) is 0. The number of nitrogens with one attached hydrogen (secondary N) is 1. The fourth-order valence-corrected chi connectivity index (χ4v) is 1.99. The average Bonchev–Trinajstić information content (AvgIpc) is 2.42. The summed E-state index contributed by atoms with van der Waals surface area (Å²) in [6, 6.07) is 9.56. The summed E-state index contributed by atoms with van der Waals surface area (Å²) >= 11 is 0. The van der Waals surface area contributed by atoms with E-state index in [2.05, 4.69) is 5.32 Å². The van der Waals surface area contributed by atoms with E-state index in [1.165, 1.54) is 0 Å². The summed E-state index contributed by atoms with van der Waals surface area (Å²) in [6.07, 6.45) is -0.820. The monoisotopic (exact) mass is 263 g/mol. The molecule has 2 rings (SSSR count). The Bertz CT molecular complexity index is 446. The molecule has 5 heteroatoms. The van der Waals surface area contributed by atoms with Crippen LogP contribution in [-0.2, 0) is 20.7 Å². The molecular formula is C14H17NO4. The van der Waals surface area contributed by atoms with Gasteiger partial charge >= 0.3 is 5.97 Å². The number of ether oxygens (including phenoxy) is 1. The van der Waals surface area contributed by atoms with E-state index in [-0.39, 0.29) is 6.42 Å². The van der Waals surface area contributed by atoms with Crippen molar-refractivity contribution in [2.45, 2.75) is 31.5 Å². The molecule has 0 aliphatic carbocycles. The van der Waals surface area contributed by atoms with Gasteiger partial charge in [0.05, 0.1) is 0 Å². The maximum Gasteiger partial charge on any atom is 0.307 e. The third kappa shape index (κ3) is 3.79. The number of hydrogen-bond donors (Lipinski definition) is 2. The van der Waals surface area contributed by atoms with Gasteiger partial charge in [-0.05, 0) is 18.4 Å². The van der Waals surface area contributed by atoms with Crippen LogP contribution in [0.25, 0.3) is 0 Å². The van der Waals surface area contributed by atoms with Crippen LogP contribution in [0.15, 0.2) is 30.3 Å². The van der Waals surface area contributed by atoms with Crippen molar-refractivity contribution in [3.05, 3.63) is 35.9 Å². The fourth-order valence-electron chi connectivity index (χ4n) is 1.99. The van der Waals surface area contributed by atoms with E-state index in [0.717, 1.165) is 5.56 Å². The van der Waals surface area contributed by atoms with Crippen LogP contribution in [0, 0.1) is 0 Å². The lowest BCUT2D eigenvalue weighted by Gasteiger charge is -2.26. The molecule has 5 nitrogen and oxygen atoms in total. The lowest BCUT2D eigenvalue weighted by molar-refractivity contribution is -0.165. The van der Waals surface area contributed by atoms with E-state index >= 15 is 0 Å². The minimum Gasteiger partial charge on any atom is -0.449 e. The Kier molecular flexibility index (Phi) is 4.52. The van der Waals surface area contributed by atoms with Gasteiger partial charge in [0.25, 0.3) is 5.91 Å². The third-order valence-electron chi connectivity index (χ3n) is 3.07. The van der Waals surface area contributed by atoms with Crippen molar-refractivity contribution in [2.24, 2.45) is 0 Å². The van der Waals surface area contributed by atoms with Crippen LogP contribution in [-0.4, -0.2) is 35.7 Å². The number of benzene rings is 1. The zero-order valence-electron chi connectivity index (χ0n) is 10.5. The second-order valence-electron chi connectivity index (χ2n) is 4.54. The first kappa shape index (κ1) is 13.5. The fraction of sp³-hybridized carbons (Fsp3) is 0.429. The zero-order valence-corrected chi connectivity index (χ0v) is 10.5. The quantitative estimate of drug-likeness (QED) is 0.772. The predicted molar refractivity (Wildman–Crippen MR) is 68.3 cm³/mol.